The lowest BCUT2D eigenvalue weighted by atomic mass is 10.1. The number of sulfonamides is 1. The molecule has 10 heteroatoms. The number of aryl methyl sites for hydroxylation is 1. The maximum absolute atomic E-state index is 12.7. The molecule has 0 bridgehead atoms. The SMILES string of the molecule is Cc1ccc(NS(=O)(=O)c2ccccc2OC(F)(F)F)c2[nH]cc(C#N)c12. The molecule has 140 valence electrons. The molecule has 0 spiro atoms. The number of rotatable bonds is 4. The number of benzene rings is 2. The number of anilines is 1. The molecule has 0 amide bonds. The third kappa shape index (κ3) is 3.68. The van der Waals surface area contributed by atoms with Crippen LogP contribution in [-0.4, -0.2) is 19.8 Å². The van der Waals surface area contributed by atoms with E-state index in [1.807, 2.05) is 6.07 Å². The summed E-state index contributed by atoms with van der Waals surface area (Å²) in [7, 11) is -4.40. The molecule has 6 nitrogen and oxygen atoms in total. The molecule has 0 aliphatic rings. The van der Waals surface area contributed by atoms with Crippen molar-refractivity contribution in [1.82, 2.24) is 4.98 Å². The van der Waals surface area contributed by atoms with E-state index in [2.05, 4.69) is 14.4 Å². The Hall–Kier alpha value is -3.19. The lowest BCUT2D eigenvalue weighted by molar-refractivity contribution is -0.275. The van der Waals surface area contributed by atoms with Gasteiger partial charge in [-0.3, -0.25) is 4.72 Å². The number of nitrogens with one attached hydrogen (secondary N) is 2. The predicted molar refractivity (Wildman–Crippen MR) is 91.7 cm³/mol. The third-order valence-corrected chi connectivity index (χ3v) is 5.18. The van der Waals surface area contributed by atoms with Crippen LogP contribution in [0.1, 0.15) is 11.1 Å². The van der Waals surface area contributed by atoms with Crippen LogP contribution in [0.4, 0.5) is 18.9 Å². The Kier molecular flexibility index (Phi) is 4.49. The van der Waals surface area contributed by atoms with Gasteiger partial charge in [0.05, 0.1) is 16.8 Å². The number of halogens is 3. The number of aromatic nitrogens is 1. The fourth-order valence-electron chi connectivity index (χ4n) is 2.67. The Morgan fingerprint density at radius 3 is 2.56 bits per heavy atom. The lowest BCUT2D eigenvalue weighted by Gasteiger charge is -2.15. The van der Waals surface area contributed by atoms with Gasteiger partial charge in [0.1, 0.15) is 16.7 Å². The quantitative estimate of drug-likeness (QED) is 0.697. The maximum Gasteiger partial charge on any atom is 0.573 e. The van der Waals surface area contributed by atoms with Gasteiger partial charge in [-0.25, -0.2) is 8.42 Å². The fraction of sp³-hybridized carbons (Fsp3) is 0.118. The number of alkyl halides is 3. The summed E-state index contributed by atoms with van der Waals surface area (Å²) in [4.78, 5) is 2.15. The highest BCUT2D eigenvalue weighted by molar-refractivity contribution is 7.92. The van der Waals surface area contributed by atoms with E-state index >= 15 is 0 Å². The van der Waals surface area contributed by atoms with Crippen molar-refractivity contribution in [3.63, 3.8) is 0 Å². The average Bonchev–Trinajstić information content (AvgIpc) is 3.01. The van der Waals surface area contributed by atoms with E-state index in [1.54, 1.807) is 13.0 Å². The monoisotopic (exact) mass is 395 g/mol. The molecule has 0 radical (unpaired) electrons. The first-order valence-corrected chi connectivity index (χ1v) is 8.99. The van der Waals surface area contributed by atoms with Gasteiger partial charge in [0.2, 0.25) is 0 Å². The summed E-state index contributed by atoms with van der Waals surface area (Å²) in [6.45, 7) is 1.75. The minimum absolute atomic E-state index is 0.0962. The van der Waals surface area contributed by atoms with Crippen LogP contribution in [0.3, 0.4) is 0 Å². The fourth-order valence-corrected chi connectivity index (χ4v) is 3.88. The molecule has 1 aromatic heterocycles. The summed E-state index contributed by atoms with van der Waals surface area (Å²) >= 11 is 0. The molecule has 27 heavy (non-hydrogen) atoms. The number of hydrogen-bond donors (Lipinski definition) is 2. The number of nitrogens with zero attached hydrogens (tertiary/aromatic N) is 1. The number of fused-ring (bicyclic) bond motifs is 1. The van der Waals surface area contributed by atoms with Crippen molar-refractivity contribution >= 4 is 26.6 Å². The van der Waals surface area contributed by atoms with Crippen LogP contribution in [0, 0.1) is 18.3 Å². The Balaban J connectivity index is 2.07. The van der Waals surface area contributed by atoms with Crippen molar-refractivity contribution < 1.29 is 26.3 Å². The summed E-state index contributed by atoms with van der Waals surface area (Å²) < 4.78 is 69.1. The number of hydrogen-bond acceptors (Lipinski definition) is 4. The predicted octanol–water partition coefficient (Wildman–Crippen LogP) is 4.05. The Labute approximate surface area is 152 Å². The van der Waals surface area contributed by atoms with Crippen molar-refractivity contribution in [1.29, 1.82) is 5.26 Å². The van der Waals surface area contributed by atoms with Crippen LogP contribution in [-0.2, 0) is 10.0 Å². The molecule has 2 aromatic carbocycles. The molecule has 3 aromatic rings. The Morgan fingerprint density at radius 1 is 1.19 bits per heavy atom. The van der Waals surface area contributed by atoms with Crippen LogP contribution in [0.5, 0.6) is 5.75 Å². The summed E-state index contributed by atoms with van der Waals surface area (Å²) in [6.07, 6.45) is -3.61. The molecular formula is C17H12F3N3O3S. The van der Waals surface area contributed by atoms with E-state index in [1.165, 1.54) is 24.4 Å². The number of ether oxygens (including phenoxy) is 1. The minimum atomic E-state index is -5.04. The number of H-pyrrole nitrogens is 1. The van der Waals surface area contributed by atoms with Gasteiger partial charge < -0.3 is 9.72 Å². The van der Waals surface area contributed by atoms with Crippen LogP contribution >= 0.6 is 0 Å². The normalized spacial score (nSPS) is 12.0. The van der Waals surface area contributed by atoms with Crippen LogP contribution in [0.25, 0.3) is 10.9 Å². The van der Waals surface area contributed by atoms with E-state index in [4.69, 9.17) is 5.26 Å². The molecule has 0 aliphatic heterocycles. The second-order valence-electron chi connectivity index (χ2n) is 5.59. The van der Waals surface area contributed by atoms with Crippen molar-refractivity contribution in [3.05, 3.63) is 53.7 Å². The smallest absolute Gasteiger partial charge is 0.404 e. The molecule has 1 heterocycles. The minimum Gasteiger partial charge on any atom is -0.404 e. The molecule has 2 N–H and O–H groups in total. The highest BCUT2D eigenvalue weighted by Gasteiger charge is 2.34. The molecule has 0 saturated heterocycles. The van der Waals surface area contributed by atoms with E-state index in [-0.39, 0.29) is 5.69 Å². The van der Waals surface area contributed by atoms with Gasteiger partial charge >= 0.3 is 6.36 Å². The van der Waals surface area contributed by atoms with Crippen molar-refractivity contribution in [2.24, 2.45) is 0 Å². The first-order valence-electron chi connectivity index (χ1n) is 7.51. The van der Waals surface area contributed by atoms with Crippen LogP contribution in [0.15, 0.2) is 47.5 Å². The van der Waals surface area contributed by atoms with Gasteiger partial charge in [0, 0.05) is 11.6 Å². The topological polar surface area (TPSA) is 95.0 Å². The van der Waals surface area contributed by atoms with Crippen molar-refractivity contribution in [2.45, 2.75) is 18.2 Å². The Bertz CT molecular complexity index is 1160. The van der Waals surface area contributed by atoms with E-state index in [0.717, 1.165) is 17.7 Å². The maximum atomic E-state index is 12.7. The lowest BCUT2D eigenvalue weighted by Crippen LogP contribution is -2.21. The third-order valence-electron chi connectivity index (χ3n) is 3.77. The molecule has 0 saturated carbocycles. The van der Waals surface area contributed by atoms with E-state index < -0.39 is 27.0 Å². The summed E-state index contributed by atoms with van der Waals surface area (Å²) in [5, 5.41) is 9.69. The first-order chi connectivity index (χ1) is 12.6. The number of para-hydroxylation sites is 1. The zero-order valence-corrected chi connectivity index (χ0v) is 14.6. The standard InChI is InChI=1S/C17H12F3N3O3S/c1-10-6-7-12(16-15(10)11(8-21)9-22-16)23-27(24,25)14-5-3-2-4-13(14)26-17(18,19)20/h2-7,9,22-23H,1H3. The van der Waals surface area contributed by atoms with E-state index in [0.29, 0.717) is 16.5 Å². The van der Waals surface area contributed by atoms with Crippen molar-refractivity contribution in [3.8, 4) is 11.8 Å². The molecule has 0 fully saturated rings. The summed E-state index contributed by atoms with van der Waals surface area (Å²) in [6, 6.07) is 9.49. The highest BCUT2D eigenvalue weighted by atomic mass is 32.2. The number of nitriles is 1. The van der Waals surface area contributed by atoms with Crippen LogP contribution < -0.4 is 9.46 Å². The van der Waals surface area contributed by atoms with Crippen molar-refractivity contribution in [2.75, 3.05) is 4.72 Å². The molecule has 0 unspecified atom stereocenters. The number of aromatic amines is 1. The molecule has 0 atom stereocenters. The van der Waals surface area contributed by atoms with E-state index in [9.17, 15) is 21.6 Å². The molecule has 0 aliphatic carbocycles. The highest BCUT2D eigenvalue weighted by Crippen LogP contribution is 2.33. The Morgan fingerprint density at radius 2 is 1.89 bits per heavy atom. The van der Waals surface area contributed by atoms with Gasteiger partial charge in [-0.05, 0) is 30.7 Å². The van der Waals surface area contributed by atoms with Gasteiger partial charge in [0.15, 0.2) is 0 Å². The van der Waals surface area contributed by atoms with Crippen LogP contribution in [0.2, 0.25) is 0 Å². The van der Waals surface area contributed by atoms with Gasteiger partial charge in [0.25, 0.3) is 10.0 Å². The zero-order chi connectivity index (χ0) is 19.8. The molecule has 3 rings (SSSR count). The summed E-state index contributed by atoms with van der Waals surface area (Å²) in [5.41, 5.74) is 1.51. The summed E-state index contributed by atoms with van der Waals surface area (Å²) in [5.74, 6) is -0.843. The molecular weight excluding hydrogens is 383 g/mol. The van der Waals surface area contributed by atoms with Gasteiger partial charge in [-0.15, -0.1) is 13.2 Å². The van der Waals surface area contributed by atoms with Gasteiger partial charge in [-0.1, -0.05) is 18.2 Å². The second kappa shape index (κ2) is 6.51. The largest absolute Gasteiger partial charge is 0.573 e. The zero-order valence-electron chi connectivity index (χ0n) is 13.8. The average molecular weight is 395 g/mol. The van der Waals surface area contributed by atoms with Gasteiger partial charge in [-0.2, -0.15) is 5.26 Å². The second-order valence-corrected chi connectivity index (χ2v) is 7.25. The first kappa shape index (κ1) is 18.6.